The van der Waals surface area contributed by atoms with Gasteiger partial charge in [-0.05, 0) is 56.8 Å². The summed E-state index contributed by atoms with van der Waals surface area (Å²) in [6.45, 7) is 6.45. The maximum Gasteiger partial charge on any atom is 0.416 e. The molecule has 0 aliphatic carbocycles. The number of piperidine rings is 1. The third kappa shape index (κ3) is 6.55. The molecule has 1 atom stereocenters. The molecule has 1 aliphatic rings. The Morgan fingerprint density at radius 3 is 2.65 bits per heavy atom. The molecule has 2 aromatic rings. The summed E-state index contributed by atoms with van der Waals surface area (Å²) in [5, 5.41) is 0.0261. The van der Waals surface area contributed by atoms with Crippen molar-refractivity contribution in [1.29, 1.82) is 0 Å². The Kier molecular flexibility index (Phi) is 7.33. The molecule has 2 heterocycles. The van der Waals surface area contributed by atoms with Gasteiger partial charge in [-0.25, -0.2) is 19.6 Å². The summed E-state index contributed by atoms with van der Waals surface area (Å²) in [4.78, 5) is 36.8. The van der Waals surface area contributed by atoms with E-state index < -0.39 is 17.8 Å². The number of anilines is 1. The summed E-state index contributed by atoms with van der Waals surface area (Å²) in [5.41, 5.74) is 0.272. The fraction of sp³-hybridized carbons (Fsp3) is 0.455. The van der Waals surface area contributed by atoms with Crippen LogP contribution in [0.5, 0.6) is 0 Å². The zero-order valence-electron chi connectivity index (χ0n) is 18.0. The number of likely N-dealkylation sites (tertiary alicyclic amines) is 1. The minimum absolute atomic E-state index is 0.0261. The molecule has 1 saturated heterocycles. The van der Waals surface area contributed by atoms with Crippen LogP contribution >= 0.6 is 11.6 Å². The lowest BCUT2D eigenvalue weighted by molar-refractivity contribution is 0.0195. The molecule has 2 amide bonds. The van der Waals surface area contributed by atoms with Gasteiger partial charge in [-0.3, -0.25) is 4.90 Å². The summed E-state index contributed by atoms with van der Waals surface area (Å²) in [6.07, 6.45) is 1.91. The number of hydrogen-bond acceptors (Lipinski definition) is 6. The van der Waals surface area contributed by atoms with Crippen molar-refractivity contribution in [2.75, 3.05) is 18.0 Å². The number of rotatable bonds is 4. The lowest BCUT2D eigenvalue weighted by Gasteiger charge is -2.38. The van der Waals surface area contributed by atoms with Gasteiger partial charge in [-0.15, -0.1) is 0 Å². The van der Waals surface area contributed by atoms with Crippen LogP contribution in [0.1, 0.15) is 39.2 Å². The number of hydrogen-bond donors (Lipinski definition) is 0. The van der Waals surface area contributed by atoms with E-state index in [2.05, 4.69) is 9.97 Å². The zero-order chi connectivity index (χ0) is 22.4. The lowest BCUT2D eigenvalue weighted by Crippen LogP contribution is -2.53. The molecule has 166 valence electrons. The maximum atomic E-state index is 13.1. The first-order chi connectivity index (χ1) is 14.7. The number of benzene rings is 1. The molecular weight excluding hydrogens is 420 g/mol. The summed E-state index contributed by atoms with van der Waals surface area (Å²) in [6, 6.07) is 10.7. The smallest absolute Gasteiger partial charge is 0.416 e. The highest BCUT2D eigenvalue weighted by molar-refractivity contribution is 6.28. The molecular formula is C22H27ClN4O4. The normalized spacial score (nSPS) is 16.5. The molecule has 31 heavy (non-hydrogen) atoms. The van der Waals surface area contributed by atoms with Crippen molar-refractivity contribution in [3.63, 3.8) is 0 Å². The van der Waals surface area contributed by atoms with E-state index in [4.69, 9.17) is 21.1 Å². The van der Waals surface area contributed by atoms with Gasteiger partial charge in [0.15, 0.2) is 0 Å². The van der Waals surface area contributed by atoms with Gasteiger partial charge < -0.3 is 14.4 Å². The number of aromatic nitrogens is 2. The molecule has 1 aliphatic heterocycles. The Morgan fingerprint density at radius 1 is 1.23 bits per heavy atom. The minimum atomic E-state index is -0.599. The second-order valence-electron chi connectivity index (χ2n) is 8.32. The molecule has 1 aromatic carbocycles. The van der Waals surface area contributed by atoms with Crippen LogP contribution in [0.2, 0.25) is 5.28 Å². The molecule has 0 N–H and O–H groups in total. The lowest BCUT2D eigenvalue weighted by atomic mass is 10.0. The third-order valence-electron chi connectivity index (χ3n) is 4.67. The van der Waals surface area contributed by atoms with E-state index in [0.717, 1.165) is 5.56 Å². The summed E-state index contributed by atoms with van der Waals surface area (Å²) < 4.78 is 11.1. The largest absolute Gasteiger partial charge is 0.444 e. The first-order valence-electron chi connectivity index (χ1n) is 10.2. The Balaban J connectivity index is 1.78. The van der Waals surface area contributed by atoms with Crippen molar-refractivity contribution < 1.29 is 19.1 Å². The average Bonchev–Trinajstić information content (AvgIpc) is 2.72. The monoisotopic (exact) mass is 446 g/mol. The number of nitrogens with zero attached hydrogens (tertiary/aromatic N) is 4. The first-order valence-corrected chi connectivity index (χ1v) is 10.6. The van der Waals surface area contributed by atoms with Crippen molar-refractivity contribution in [1.82, 2.24) is 14.9 Å². The standard InChI is InChI=1S/C22H27ClN4O4/c1-22(2,3)31-20(28)26-13-7-10-17(14-26)27(18-11-12-24-19(23)25-18)21(29)30-15-16-8-5-4-6-9-16/h4-6,8-9,11-12,17H,7,10,13-15H2,1-3H3. The van der Waals surface area contributed by atoms with Crippen molar-refractivity contribution >= 4 is 29.6 Å². The van der Waals surface area contributed by atoms with E-state index in [0.29, 0.717) is 31.7 Å². The molecule has 0 radical (unpaired) electrons. The van der Waals surface area contributed by atoms with E-state index in [1.807, 2.05) is 51.1 Å². The van der Waals surface area contributed by atoms with Crippen LogP contribution in [-0.4, -0.2) is 51.8 Å². The van der Waals surface area contributed by atoms with E-state index in [-0.39, 0.29) is 17.9 Å². The number of halogens is 1. The van der Waals surface area contributed by atoms with Crippen molar-refractivity contribution in [2.24, 2.45) is 0 Å². The predicted molar refractivity (Wildman–Crippen MR) is 117 cm³/mol. The third-order valence-corrected chi connectivity index (χ3v) is 4.86. The molecule has 1 fully saturated rings. The fourth-order valence-electron chi connectivity index (χ4n) is 3.34. The van der Waals surface area contributed by atoms with Crippen LogP contribution in [0.15, 0.2) is 42.6 Å². The Bertz CT molecular complexity index is 904. The molecule has 8 nitrogen and oxygen atoms in total. The molecule has 9 heteroatoms. The zero-order valence-corrected chi connectivity index (χ0v) is 18.7. The number of carbonyl (C=O) groups excluding carboxylic acids is 2. The maximum absolute atomic E-state index is 13.1. The summed E-state index contributed by atoms with van der Waals surface area (Å²) >= 11 is 5.97. The molecule has 1 unspecified atom stereocenters. The van der Waals surface area contributed by atoms with Crippen LogP contribution in [-0.2, 0) is 16.1 Å². The SMILES string of the molecule is CC(C)(C)OC(=O)N1CCCC(N(C(=O)OCc2ccccc2)c2ccnc(Cl)n2)C1. The summed E-state index contributed by atoms with van der Waals surface area (Å²) in [7, 11) is 0. The van der Waals surface area contributed by atoms with Gasteiger partial charge in [-0.1, -0.05) is 30.3 Å². The van der Waals surface area contributed by atoms with Crippen molar-refractivity contribution in [2.45, 2.75) is 51.9 Å². The van der Waals surface area contributed by atoms with Gasteiger partial charge in [-0.2, -0.15) is 0 Å². The van der Waals surface area contributed by atoms with Gasteiger partial charge in [0, 0.05) is 19.3 Å². The second kappa shape index (κ2) is 9.96. The number of carbonyl (C=O) groups is 2. The van der Waals surface area contributed by atoms with E-state index >= 15 is 0 Å². The van der Waals surface area contributed by atoms with Crippen LogP contribution < -0.4 is 4.90 Å². The quantitative estimate of drug-likeness (QED) is 0.634. The van der Waals surface area contributed by atoms with Crippen molar-refractivity contribution in [3.05, 3.63) is 53.4 Å². The van der Waals surface area contributed by atoms with E-state index in [9.17, 15) is 9.59 Å². The van der Waals surface area contributed by atoms with Gasteiger partial charge in [0.05, 0.1) is 6.04 Å². The highest BCUT2D eigenvalue weighted by Crippen LogP contribution is 2.25. The molecule has 0 spiro atoms. The minimum Gasteiger partial charge on any atom is -0.444 e. The molecule has 1 aromatic heterocycles. The topological polar surface area (TPSA) is 84.9 Å². The van der Waals surface area contributed by atoms with Crippen LogP contribution in [0, 0.1) is 0 Å². The van der Waals surface area contributed by atoms with Gasteiger partial charge in [0.25, 0.3) is 0 Å². The Labute approximate surface area is 187 Å². The van der Waals surface area contributed by atoms with Gasteiger partial charge >= 0.3 is 12.2 Å². The summed E-state index contributed by atoms with van der Waals surface area (Å²) in [5.74, 6) is 0.328. The Morgan fingerprint density at radius 2 is 1.97 bits per heavy atom. The van der Waals surface area contributed by atoms with Crippen molar-refractivity contribution in [3.8, 4) is 0 Å². The first kappa shape index (κ1) is 22.8. The molecule has 0 saturated carbocycles. The van der Waals surface area contributed by atoms with Crippen LogP contribution in [0.4, 0.5) is 15.4 Å². The van der Waals surface area contributed by atoms with Gasteiger partial charge in [0.2, 0.25) is 5.28 Å². The van der Waals surface area contributed by atoms with Crippen LogP contribution in [0.25, 0.3) is 0 Å². The highest BCUT2D eigenvalue weighted by atomic mass is 35.5. The van der Waals surface area contributed by atoms with Gasteiger partial charge in [0.1, 0.15) is 18.0 Å². The van der Waals surface area contributed by atoms with E-state index in [1.165, 1.54) is 11.1 Å². The number of ether oxygens (including phenoxy) is 2. The molecule has 0 bridgehead atoms. The van der Waals surface area contributed by atoms with Crippen LogP contribution in [0.3, 0.4) is 0 Å². The predicted octanol–water partition coefficient (Wildman–Crippen LogP) is 4.67. The van der Waals surface area contributed by atoms with E-state index in [1.54, 1.807) is 11.0 Å². The highest BCUT2D eigenvalue weighted by Gasteiger charge is 2.35. The second-order valence-corrected chi connectivity index (χ2v) is 8.65. The number of amides is 2. The average molecular weight is 447 g/mol. The fourth-order valence-corrected chi connectivity index (χ4v) is 3.48. The molecule has 3 rings (SSSR count). The Hall–Kier alpha value is -2.87.